The van der Waals surface area contributed by atoms with Gasteiger partial charge in [-0.15, -0.1) is 0 Å². The highest BCUT2D eigenvalue weighted by atomic mass is 32.3. The number of imidazole rings is 1. The predicted octanol–water partition coefficient (Wildman–Crippen LogP) is 0.138. The van der Waals surface area contributed by atoms with Crippen LogP contribution < -0.4 is 0 Å². The highest BCUT2D eigenvalue weighted by molar-refractivity contribution is 7.85. The van der Waals surface area contributed by atoms with E-state index in [-0.39, 0.29) is 11.7 Å². The van der Waals surface area contributed by atoms with Gasteiger partial charge in [0.05, 0.1) is 5.75 Å². The average molecular weight is 302 g/mol. The maximum Gasteiger partial charge on any atom is 0.394 e. The molecule has 1 atom stereocenters. The quantitative estimate of drug-likeness (QED) is 0.572. The van der Waals surface area contributed by atoms with Crippen molar-refractivity contribution in [2.45, 2.75) is 19.3 Å². The average Bonchev–Trinajstić information content (AvgIpc) is 2.62. The van der Waals surface area contributed by atoms with Gasteiger partial charge in [0, 0.05) is 18.3 Å². The normalized spacial score (nSPS) is 13.6. The summed E-state index contributed by atoms with van der Waals surface area (Å²) in [7, 11) is -8.52. The zero-order valence-corrected chi connectivity index (χ0v) is 11.0. The summed E-state index contributed by atoms with van der Waals surface area (Å²) >= 11 is 0. The van der Waals surface area contributed by atoms with Crippen molar-refractivity contribution in [3.05, 3.63) is 18.2 Å². The molecule has 1 rings (SSSR count). The molecule has 0 bridgehead atoms. The molecule has 11 heteroatoms. The summed E-state index contributed by atoms with van der Waals surface area (Å²) in [5.41, 5.74) is 0. The van der Waals surface area contributed by atoms with Crippen LogP contribution in [0, 0.1) is 0 Å². The number of nitrogens with zero attached hydrogens (tertiary/aromatic N) is 1. The van der Waals surface area contributed by atoms with Gasteiger partial charge in [-0.25, -0.2) is 4.98 Å². The Morgan fingerprint density at radius 3 is 2.11 bits per heavy atom. The maximum absolute atomic E-state index is 10.4. The first-order valence-corrected chi connectivity index (χ1v) is 7.64. The lowest BCUT2D eigenvalue weighted by molar-refractivity contribution is 0.381. The minimum atomic E-state index is -4.67. The van der Waals surface area contributed by atoms with E-state index in [1.165, 1.54) is 0 Å². The van der Waals surface area contributed by atoms with Gasteiger partial charge in [0.1, 0.15) is 5.82 Å². The third-order valence-corrected chi connectivity index (χ3v) is 2.55. The molecule has 0 radical (unpaired) electrons. The highest BCUT2D eigenvalue weighted by Gasteiger charge is 2.12. The fourth-order valence-electron chi connectivity index (χ4n) is 1.01. The topological polar surface area (TPSA) is 158 Å². The molecule has 1 unspecified atom stereocenters. The zero-order valence-electron chi connectivity index (χ0n) is 9.38. The monoisotopic (exact) mass is 302 g/mol. The largest absolute Gasteiger partial charge is 0.394 e. The van der Waals surface area contributed by atoms with Crippen LogP contribution in [0.3, 0.4) is 0 Å². The Morgan fingerprint density at radius 1 is 1.28 bits per heavy atom. The van der Waals surface area contributed by atoms with Crippen LogP contribution in [0.5, 0.6) is 0 Å². The third-order valence-electron chi connectivity index (χ3n) is 1.79. The van der Waals surface area contributed by atoms with Gasteiger partial charge >= 0.3 is 10.4 Å². The van der Waals surface area contributed by atoms with Crippen molar-refractivity contribution in [3.8, 4) is 0 Å². The first-order valence-electron chi connectivity index (χ1n) is 4.63. The van der Waals surface area contributed by atoms with E-state index < -0.39 is 20.5 Å². The minimum absolute atomic E-state index is 0.0110. The van der Waals surface area contributed by atoms with Gasteiger partial charge in [-0.1, -0.05) is 6.92 Å². The summed E-state index contributed by atoms with van der Waals surface area (Å²) in [5.74, 6) is 0.523. The number of hydrogen-bond donors (Lipinski definition) is 4. The number of aromatic amines is 1. The molecule has 0 saturated carbocycles. The van der Waals surface area contributed by atoms with E-state index in [1.54, 1.807) is 12.4 Å². The second kappa shape index (κ2) is 6.80. The van der Waals surface area contributed by atoms with Crippen LogP contribution in [0.4, 0.5) is 0 Å². The Hall–Kier alpha value is -1.01. The molecule has 0 amide bonds. The summed E-state index contributed by atoms with van der Waals surface area (Å²) in [6.45, 7) is 1.85. The van der Waals surface area contributed by atoms with E-state index in [9.17, 15) is 8.42 Å². The highest BCUT2D eigenvalue weighted by Crippen LogP contribution is 2.14. The van der Waals surface area contributed by atoms with Crippen molar-refractivity contribution in [1.82, 2.24) is 9.97 Å². The van der Waals surface area contributed by atoms with E-state index in [1.807, 2.05) is 6.92 Å². The Bertz CT molecular complexity index is 526. The molecule has 0 aliphatic carbocycles. The van der Waals surface area contributed by atoms with Crippen LogP contribution in [-0.2, 0) is 20.5 Å². The lowest BCUT2D eigenvalue weighted by Gasteiger charge is -2.05. The molecule has 1 aromatic heterocycles. The summed E-state index contributed by atoms with van der Waals surface area (Å²) in [4.78, 5) is 6.87. The maximum atomic E-state index is 10.4. The molecular weight excluding hydrogens is 288 g/mol. The number of rotatable bonds is 4. The Kier molecular flexibility index (Phi) is 6.42. The fourth-order valence-corrected chi connectivity index (χ4v) is 1.66. The predicted molar refractivity (Wildman–Crippen MR) is 62.2 cm³/mol. The Labute approximate surface area is 105 Å². The first kappa shape index (κ1) is 17.0. The molecule has 0 fully saturated rings. The second-order valence-corrected chi connectivity index (χ2v) is 5.87. The molecular formula is C7H14N2O7S2. The van der Waals surface area contributed by atoms with Crippen LogP contribution in [0.25, 0.3) is 0 Å². The molecule has 0 aliphatic rings. The van der Waals surface area contributed by atoms with Gasteiger partial charge < -0.3 is 4.98 Å². The lowest BCUT2D eigenvalue weighted by Crippen LogP contribution is -2.08. The van der Waals surface area contributed by atoms with Gasteiger partial charge in [-0.3, -0.25) is 13.7 Å². The van der Waals surface area contributed by atoms with Crippen molar-refractivity contribution < 1.29 is 30.5 Å². The SMILES string of the molecule is CC(CCS(=O)(=O)O)c1ncc[nH]1.O=S(=O)(O)O. The Balaban J connectivity index is 0.000000494. The molecule has 0 aliphatic heterocycles. The number of nitrogens with one attached hydrogen (secondary N) is 1. The number of H-pyrrole nitrogens is 1. The van der Waals surface area contributed by atoms with Crippen molar-refractivity contribution in [2.24, 2.45) is 0 Å². The fraction of sp³-hybridized carbons (Fsp3) is 0.571. The number of aromatic nitrogens is 2. The van der Waals surface area contributed by atoms with Crippen LogP contribution >= 0.6 is 0 Å². The van der Waals surface area contributed by atoms with Crippen LogP contribution in [0.2, 0.25) is 0 Å². The van der Waals surface area contributed by atoms with Crippen molar-refractivity contribution >= 4 is 20.5 Å². The van der Waals surface area contributed by atoms with E-state index in [4.69, 9.17) is 22.1 Å². The zero-order chi connectivity index (χ0) is 14.4. The molecule has 4 N–H and O–H groups in total. The van der Waals surface area contributed by atoms with Gasteiger partial charge in [0.2, 0.25) is 0 Å². The summed E-state index contributed by atoms with van der Waals surface area (Å²) in [6.07, 6.45) is 3.66. The molecule has 1 aromatic rings. The van der Waals surface area contributed by atoms with Crippen LogP contribution in [0.15, 0.2) is 12.4 Å². The molecule has 9 nitrogen and oxygen atoms in total. The minimum Gasteiger partial charge on any atom is -0.348 e. The van der Waals surface area contributed by atoms with Crippen molar-refractivity contribution in [2.75, 3.05) is 5.75 Å². The van der Waals surface area contributed by atoms with E-state index >= 15 is 0 Å². The lowest BCUT2D eigenvalue weighted by atomic mass is 10.1. The smallest absolute Gasteiger partial charge is 0.348 e. The van der Waals surface area contributed by atoms with Crippen molar-refractivity contribution in [1.29, 1.82) is 0 Å². The molecule has 18 heavy (non-hydrogen) atoms. The molecule has 1 heterocycles. The van der Waals surface area contributed by atoms with E-state index in [0.29, 0.717) is 6.42 Å². The molecule has 0 aromatic carbocycles. The van der Waals surface area contributed by atoms with Gasteiger partial charge in [-0.2, -0.15) is 16.8 Å². The Morgan fingerprint density at radius 2 is 1.78 bits per heavy atom. The van der Waals surface area contributed by atoms with Gasteiger partial charge in [0.25, 0.3) is 10.1 Å². The van der Waals surface area contributed by atoms with E-state index in [2.05, 4.69) is 9.97 Å². The summed E-state index contributed by atoms with van der Waals surface area (Å²) in [6, 6.07) is 0. The molecule has 106 valence electrons. The number of hydrogen-bond acceptors (Lipinski definition) is 5. The standard InChI is InChI=1S/C7H12N2O3S.H2O4S/c1-6(2-5-13(10,11)12)7-8-3-4-9-7;1-5(2,3)4/h3-4,6H,2,5H2,1H3,(H,8,9)(H,10,11,12);(H2,1,2,3,4). The van der Waals surface area contributed by atoms with Crippen LogP contribution in [0.1, 0.15) is 25.1 Å². The molecule has 0 saturated heterocycles. The first-order chi connectivity index (χ1) is 7.99. The third kappa shape index (κ3) is 11.5. The molecule has 0 spiro atoms. The second-order valence-electron chi connectivity index (χ2n) is 3.40. The van der Waals surface area contributed by atoms with Gasteiger partial charge in [-0.05, 0) is 6.42 Å². The summed E-state index contributed by atoms with van der Waals surface area (Å²) < 4.78 is 60.9. The van der Waals surface area contributed by atoms with Crippen molar-refractivity contribution in [3.63, 3.8) is 0 Å². The van der Waals surface area contributed by atoms with Crippen LogP contribution in [-0.4, -0.2) is 46.2 Å². The van der Waals surface area contributed by atoms with E-state index in [0.717, 1.165) is 5.82 Å². The van der Waals surface area contributed by atoms with Gasteiger partial charge in [0.15, 0.2) is 0 Å². The summed E-state index contributed by atoms with van der Waals surface area (Å²) in [5, 5.41) is 0.